The van der Waals surface area contributed by atoms with E-state index in [1.54, 1.807) is 17.0 Å². The molecule has 2 heterocycles. The van der Waals surface area contributed by atoms with E-state index in [1.165, 1.54) is 19.4 Å². The van der Waals surface area contributed by atoms with Crippen LogP contribution in [-0.4, -0.2) is 108 Å². The zero-order valence-corrected chi connectivity index (χ0v) is 41.4. The molecule has 2 aliphatic heterocycles. The van der Waals surface area contributed by atoms with Crippen LogP contribution in [0.2, 0.25) is 0 Å². The number of nitrogens with one attached hydrogen (secondary N) is 2. The van der Waals surface area contributed by atoms with Crippen molar-refractivity contribution in [2.75, 3.05) is 13.1 Å². The summed E-state index contributed by atoms with van der Waals surface area (Å²) >= 11 is 0. The molecule has 0 radical (unpaired) electrons. The van der Waals surface area contributed by atoms with Crippen LogP contribution >= 0.6 is 0 Å². The fourth-order valence-electron chi connectivity index (χ4n) is 11.0. The highest BCUT2D eigenvalue weighted by atomic mass is 16.7. The molecule has 2 bridgehead atoms. The van der Waals surface area contributed by atoms with Crippen molar-refractivity contribution in [2.45, 2.75) is 174 Å². The number of Topliss-reactive ketones (excluding diaryl/α,β-unsaturated/α-hetero) is 3. The highest BCUT2D eigenvalue weighted by Crippen LogP contribution is 2.61. The van der Waals surface area contributed by atoms with Gasteiger partial charge in [-0.2, -0.15) is 0 Å². The van der Waals surface area contributed by atoms with Crippen LogP contribution in [0.4, 0.5) is 0 Å². The normalized spacial score (nSPS) is 23.4. The summed E-state index contributed by atoms with van der Waals surface area (Å²) in [7, 11) is -0.621. The summed E-state index contributed by atoms with van der Waals surface area (Å²) in [6.07, 6.45) is 6.30. The van der Waals surface area contributed by atoms with Gasteiger partial charge in [-0.1, -0.05) is 89.1 Å². The van der Waals surface area contributed by atoms with E-state index in [-0.39, 0.29) is 48.5 Å². The van der Waals surface area contributed by atoms with Gasteiger partial charge < -0.3 is 41.4 Å². The number of hydrogen-bond donors (Lipinski definition) is 5. The number of amides is 4. The van der Waals surface area contributed by atoms with E-state index >= 15 is 0 Å². The Kier molecular flexibility index (Phi) is 18.9. The van der Waals surface area contributed by atoms with E-state index in [4.69, 9.17) is 20.8 Å². The number of aliphatic hydroxyl groups excluding tert-OH is 1. The first-order valence-corrected chi connectivity index (χ1v) is 25.6. The second kappa shape index (κ2) is 24.4. The fraction of sp³-hybridized carbons (Fsp3) is 0.642. The van der Waals surface area contributed by atoms with Crippen molar-refractivity contribution in [3.05, 3.63) is 59.7 Å². The van der Waals surface area contributed by atoms with Crippen LogP contribution in [0.5, 0.6) is 0 Å². The Morgan fingerprint density at radius 2 is 1.55 bits per heavy atom. The van der Waals surface area contributed by atoms with Gasteiger partial charge in [0.25, 0.3) is 0 Å². The summed E-state index contributed by atoms with van der Waals surface area (Å²) in [5, 5.41) is 16.0. The quantitative estimate of drug-likeness (QED) is 0.0429. The zero-order valence-electron chi connectivity index (χ0n) is 41.4. The maximum atomic E-state index is 14.1. The number of rotatable bonds is 27. The van der Waals surface area contributed by atoms with Crippen molar-refractivity contribution in [1.82, 2.24) is 15.5 Å². The molecule has 3 aliphatic carbocycles. The average molecular weight is 954 g/mol. The molecule has 7 N–H and O–H groups in total. The number of aryl methyl sites for hydroxylation is 1. The van der Waals surface area contributed by atoms with E-state index in [9.17, 15) is 38.7 Å². The lowest BCUT2D eigenvalue weighted by atomic mass is 9.47. The highest BCUT2D eigenvalue weighted by Gasteiger charge is 2.63. The number of nitrogens with two attached hydrogens (primary N) is 2. The Hall–Kier alpha value is -4.77. The summed E-state index contributed by atoms with van der Waals surface area (Å²) in [4.78, 5) is 95.4. The first kappa shape index (κ1) is 53.6. The van der Waals surface area contributed by atoms with Crippen LogP contribution in [0.3, 0.4) is 0 Å². The molecule has 2 saturated heterocycles. The number of carbonyl (C=O) groups is 7. The predicted molar refractivity (Wildman–Crippen MR) is 263 cm³/mol. The largest absolute Gasteiger partial charge is 0.481 e. The second-order valence-corrected chi connectivity index (χ2v) is 20.9. The standard InChI is InChI=1S/C53H76BN5O10/c1-6-7-12-34-17-19-35(20-18-34)36-21-23-37(24-22-36)43(62)15-10-14-40(61)28-38(13-8-9-25-55)51(66)58-48(33(3)60)44(63)27-32(2)50(65)57-42(31-47(56)64)52(67)59-26-11-16-46(59)54-68-45-30-39-29-41(49(45)69-54)53(39,4)5/h17-24,32-33,38-39,41-42,45-46,48-49,60H,6-16,25-31,55H2,1-5H3,(H2,56,64)(H,57,65)(H,58,66)/t32-,33-,38-,39+,41-,42+,45?,46+,48+,49?/m1/s1. The van der Waals surface area contributed by atoms with E-state index in [0.29, 0.717) is 69.0 Å². The van der Waals surface area contributed by atoms with Crippen LogP contribution in [0.15, 0.2) is 48.5 Å². The molecular weight excluding hydrogens is 877 g/mol. The third-order valence-corrected chi connectivity index (χ3v) is 15.4. The van der Waals surface area contributed by atoms with Gasteiger partial charge in [0.2, 0.25) is 23.6 Å². The second-order valence-electron chi connectivity index (χ2n) is 20.9. The number of aliphatic hydroxyl groups is 1. The topological polar surface area (TPSA) is 238 Å². The van der Waals surface area contributed by atoms with Gasteiger partial charge >= 0.3 is 7.12 Å². The molecule has 2 aromatic carbocycles. The lowest BCUT2D eigenvalue weighted by molar-refractivity contribution is -0.150. The molecule has 3 saturated carbocycles. The summed E-state index contributed by atoms with van der Waals surface area (Å²) in [5.41, 5.74) is 15.4. The molecule has 376 valence electrons. The van der Waals surface area contributed by atoms with Gasteiger partial charge in [0.05, 0.1) is 30.7 Å². The average Bonchev–Trinajstić information content (AvgIpc) is 4.00. The third-order valence-electron chi connectivity index (χ3n) is 15.4. The van der Waals surface area contributed by atoms with Crippen LogP contribution in [0.1, 0.15) is 147 Å². The van der Waals surface area contributed by atoms with Crippen molar-refractivity contribution < 1.29 is 48.0 Å². The Labute approximate surface area is 408 Å². The molecular formula is C53H76BN5O10. The monoisotopic (exact) mass is 954 g/mol. The highest BCUT2D eigenvalue weighted by molar-refractivity contribution is 6.47. The number of primary amides is 1. The first-order valence-electron chi connectivity index (χ1n) is 25.6. The number of benzene rings is 2. The number of carbonyl (C=O) groups excluding carboxylic acids is 7. The fourth-order valence-corrected chi connectivity index (χ4v) is 11.0. The molecule has 10 atom stereocenters. The Morgan fingerprint density at radius 3 is 2.19 bits per heavy atom. The Balaban J connectivity index is 0.988. The van der Waals surface area contributed by atoms with Gasteiger partial charge in [-0.15, -0.1) is 0 Å². The van der Waals surface area contributed by atoms with Crippen LogP contribution < -0.4 is 22.1 Å². The summed E-state index contributed by atoms with van der Waals surface area (Å²) in [5.74, 6) is -4.76. The molecule has 16 heteroatoms. The molecule has 15 nitrogen and oxygen atoms in total. The molecule has 7 rings (SSSR count). The zero-order chi connectivity index (χ0) is 50.0. The molecule has 5 aliphatic rings. The molecule has 0 aromatic heterocycles. The predicted octanol–water partition coefficient (Wildman–Crippen LogP) is 5.44. The van der Waals surface area contributed by atoms with E-state index in [0.717, 1.165) is 43.2 Å². The minimum absolute atomic E-state index is 0.0306. The van der Waals surface area contributed by atoms with Gasteiger partial charge in [-0.25, -0.2) is 0 Å². The molecule has 2 aromatic rings. The summed E-state index contributed by atoms with van der Waals surface area (Å²) < 4.78 is 12.9. The maximum absolute atomic E-state index is 14.1. The molecule has 0 spiro atoms. The number of unbranched alkanes of at least 4 members (excludes halogenated alkanes) is 2. The van der Waals surface area contributed by atoms with Crippen LogP contribution in [-0.2, 0) is 44.5 Å². The van der Waals surface area contributed by atoms with Gasteiger partial charge in [-0.3, -0.25) is 33.6 Å². The smallest absolute Gasteiger partial charge is 0.404 e. The van der Waals surface area contributed by atoms with Crippen molar-refractivity contribution >= 4 is 48.1 Å². The molecule has 4 amide bonds. The van der Waals surface area contributed by atoms with Gasteiger partial charge in [0, 0.05) is 49.6 Å². The van der Waals surface area contributed by atoms with E-state index in [1.807, 2.05) is 12.1 Å². The van der Waals surface area contributed by atoms with Crippen LogP contribution in [0.25, 0.3) is 11.1 Å². The lowest BCUT2D eigenvalue weighted by Crippen LogP contribution is -2.59. The summed E-state index contributed by atoms with van der Waals surface area (Å²) in [6.45, 7) is 10.3. The lowest BCUT2D eigenvalue weighted by Gasteiger charge is -2.60. The van der Waals surface area contributed by atoms with Crippen LogP contribution in [0, 0.1) is 29.1 Å². The number of likely N-dealkylation sites (tertiary alicyclic amines) is 1. The minimum atomic E-state index is -1.39. The molecule has 5 fully saturated rings. The maximum Gasteiger partial charge on any atom is 0.481 e. The number of hydrogen-bond acceptors (Lipinski definition) is 11. The van der Waals surface area contributed by atoms with Gasteiger partial charge in [0.1, 0.15) is 17.9 Å². The third kappa shape index (κ3) is 13.6. The SMILES string of the molecule is CCCCc1ccc(-c2ccc(C(=O)CCCC(=O)C[C@@H](CCCCN)C(=O)N[C@H](C(=O)C[C@@H](C)C(=O)N[C@@H](CC(N)=O)C(=O)N3CCC[C@H]3B3OC4C[C@@H]5C[C@H](C4O3)C5(C)C)[C@@H](C)O)cc2)cc1. The number of ketones is 3. The Morgan fingerprint density at radius 1 is 0.855 bits per heavy atom. The van der Waals surface area contributed by atoms with Crippen molar-refractivity contribution in [3.63, 3.8) is 0 Å². The van der Waals surface area contributed by atoms with Gasteiger partial charge in [0.15, 0.2) is 11.6 Å². The van der Waals surface area contributed by atoms with Crippen molar-refractivity contribution in [1.29, 1.82) is 0 Å². The molecule has 69 heavy (non-hydrogen) atoms. The minimum Gasteiger partial charge on any atom is -0.404 e. The molecule has 2 unspecified atom stereocenters. The first-order chi connectivity index (χ1) is 32.9. The van der Waals surface area contributed by atoms with E-state index in [2.05, 4.69) is 55.7 Å². The Bertz CT molecular complexity index is 2130. The summed E-state index contributed by atoms with van der Waals surface area (Å²) in [6, 6.07) is 13.2. The van der Waals surface area contributed by atoms with Crippen molar-refractivity contribution in [3.8, 4) is 11.1 Å². The number of nitrogens with zero attached hydrogens (tertiary/aromatic N) is 1. The van der Waals surface area contributed by atoms with E-state index < -0.39 is 85.3 Å². The van der Waals surface area contributed by atoms with Gasteiger partial charge in [-0.05, 0) is 105 Å². The van der Waals surface area contributed by atoms with Crippen molar-refractivity contribution in [2.24, 2.45) is 40.6 Å².